The first-order chi connectivity index (χ1) is 10.4. The lowest BCUT2D eigenvalue weighted by Crippen LogP contribution is -2.50. The largest absolute Gasteiger partial charge is 0.339 e. The van der Waals surface area contributed by atoms with Crippen LogP contribution >= 0.6 is 0 Å². The number of hydrogen-bond donors (Lipinski definition) is 0. The van der Waals surface area contributed by atoms with Crippen LogP contribution < -0.4 is 0 Å². The van der Waals surface area contributed by atoms with Crippen LogP contribution in [0.4, 0.5) is 0 Å². The van der Waals surface area contributed by atoms with Crippen LogP contribution in [0, 0.1) is 0 Å². The van der Waals surface area contributed by atoms with Crippen molar-refractivity contribution in [3.8, 4) is 0 Å². The monoisotopic (exact) mass is 326 g/mol. The second-order valence-electron chi connectivity index (χ2n) is 5.58. The van der Waals surface area contributed by atoms with Gasteiger partial charge in [-0.15, -0.1) is 0 Å². The van der Waals surface area contributed by atoms with Gasteiger partial charge in [0.15, 0.2) is 0 Å². The molecular formula is C14H22N4O3S. The molecule has 0 aliphatic carbocycles. The first-order valence-corrected chi connectivity index (χ1v) is 9.01. The van der Waals surface area contributed by atoms with Gasteiger partial charge in [0.1, 0.15) is 0 Å². The van der Waals surface area contributed by atoms with Crippen LogP contribution in [-0.2, 0) is 21.4 Å². The van der Waals surface area contributed by atoms with Crippen LogP contribution in [0.2, 0.25) is 0 Å². The number of carbonyl (C=O) groups is 1. The van der Waals surface area contributed by atoms with Gasteiger partial charge >= 0.3 is 0 Å². The van der Waals surface area contributed by atoms with E-state index in [0.29, 0.717) is 13.1 Å². The summed E-state index contributed by atoms with van der Waals surface area (Å²) in [6.45, 7) is 2.93. The van der Waals surface area contributed by atoms with Gasteiger partial charge in [-0.3, -0.25) is 9.78 Å². The number of aromatic nitrogens is 1. The zero-order valence-electron chi connectivity index (χ0n) is 13.0. The number of rotatable bonds is 5. The number of amides is 1. The minimum absolute atomic E-state index is 0.128. The molecule has 0 saturated carbocycles. The van der Waals surface area contributed by atoms with E-state index in [1.54, 1.807) is 29.4 Å². The maximum atomic E-state index is 12.3. The molecule has 0 spiro atoms. The van der Waals surface area contributed by atoms with Crippen molar-refractivity contribution in [1.29, 1.82) is 0 Å². The molecule has 1 fully saturated rings. The maximum Gasteiger partial charge on any atom is 0.237 e. The Bertz CT molecular complexity index is 598. The minimum atomic E-state index is -3.46. The Morgan fingerprint density at radius 1 is 1.32 bits per heavy atom. The lowest BCUT2D eigenvalue weighted by molar-refractivity contribution is -0.133. The van der Waals surface area contributed by atoms with Crippen molar-refractivity contribution in [3.05, 3.63) is 30.1 Å². The molecule has 0 aromatic carbocycles. The molecule has 7 nitrogen and oxygen atoms in total. The summed E-state index contributed by atoms with van der Waals surface area (Å²) in [7, 11) is -1.45. The molecular weight excluding hydrogens is 304 g/mol. The average Bonchev–Trinajstić information content (AvgIpc) is 2.47. The highest BCUT2D eigenvalue weighted by atomic mass is 32.2. The third-order valence-corrected chi connectivity index (χ3v) is 4.91. The molecule has 1 aliphatic heterocycles. The van der Waals surface area contributed by atoms with Gasteiger partial charge in [0.2, 0.25) is 15.9 Å². The summed E-state index contributed by atoms with van der Waals surface area (Å²) >= 11 is 0. The molecule has 0 N–H and O–H groups in total. The first kappa shape index (κ1) is 16.9. The zero-order valence-corrected chi connectivity index (χ0v) is 13.8. The number of hydrogen-bond acceptors (Lipinski definition) is 5. The van der Waals surface area contributed by atoms with Gasteiger partial charge in [-0.25, -0.2) is 8.42 Å². The molecule has 1 amide bonds. The predicted octanol–water partition coefficient (Wildman–Crippen LogP) is -0.383. The van der Waals surface area contributed by atoms with Gasteiger partial charge in [-0.2, -0.15) is 4.31 Å². The summed E-state index contributed by atoms with van der Waals surface area (Å²) in [6.07, 6.45) is 4.36. The molecule has 122 valence electrons. The molecule has 2 heterocycles. The summed E-state index contributed by atoms with van der Waals surface area (Å²) < 4.78 is 25.1. The number of nitrogens with zero attached hydrogens (tertiary/aromatic N) is 4. The van der Waals surface area contributed by atoms with E-state index >= 15 is 0 Å². The summed E-state index contributed by atoms with van der Waals surface area (Å²) in [5.41, 5.74) is 0.763. The van der Waals surface area contributed by atoms with Crippen molar-refractivity contribution in [3.63, 3.8) is 0 Å². The van der Waals surface area contributed by atoms with Gasteiger partial charge in [0.25, 0.3) is 0 Å². The Morgan fingerprint density at radius 3 is 2.55 bits per heavy atom. The van der Waals surface area contributed by atoms with Gasteiger partial charge < -0.3 is 9.80 Å². The Kier molecular flexibility index (Phi) is 5.49. The molecule has 1 saturated heterocycles. The Balaban J connectivity index is 2.02. The highest BCUT2D eigenvalue weighted by Gasteiger charge is 2.25. The van der Waals surface area contributed by atoms with E-state index in [1.165, 1.54) is 4.31 Å². The van der Waals surface area contributed by atoms with Gasteiger partial charge in [-0.1, -0.05) is 6.07 Å². The number of pyridine rings is 1. The fourth-order valence-corrected chi connectivity index (χ4v) is 3.02. The van der Waals surface area contributed by atoms with E-state index in [2.05, 4.69) is 9.88 Å². The second kappa shape index (κ2) is 7.17. The lowest BCUT2D eigenvalue weighted by atomic mass is 10.3. The van der Waals surface area contributed by atoms with Crippen molar-refractivity contribution in [1.82, 2.24) is 19.1 Å². The normalized spacial score (nSPS) is 17.0. The van der Waals surface area contributed by atoms with Crippen LogP contribution in [0.5, 0.6) is 0 Å². The topological polar surface area (TPSA) is 73.8 Å². The van der Waals surface area contributed by atoms with Crippen molar-refractivity contribution < 1.29 is 13.2 Å². The summed E-state index contributed by atoms with van der Waals surface area (Å²) in [5, 5.41) is 0. The number of likely N-dealkylation sites (N-methyl/N-ethyl adjacent to an activating group) is 1. The van der Waals surface area contributed by atoms with Crippen LogP contribution in [-0.4, -0.2) is 79.4 Å². The van der Waals surface area contributed by atoms with E-state index in [9.17, 15) is 13.2 Å². The summed E-state index contributed by atoms with van der Waals surface area (Å²) in [6, 6.07) is 3.55. The molecule has 0 bridgehead atoms. The minimum Gasteiger partial charge on any atom is -0.339 e. The maximum absolute atomic E-state index is 12.3. The molecule has 1 aliphatic rings. The number of piperazine rings is 1. The fraction of sp³-hybridized carbons (Fsp3) is 0.571. The van der Waals surface area contributed by atoms with E-state index < -0.39 is 10.0 Å². The van der Waals surface area contributed by atoms with Crippen molar-refractivity contribution in [2.24, 2.45) is 0 Å². The highest BCUT2D eigenvalue weighted by molar-refractivity contribution is 7.88. The van der Waals surface area contributed by atoms with Gasteiger partial charge in [-0.05, 0) is 18.7 Å². The van der Waals surface area contributed by atoms with Crippen LogP contribution in [0.1, 0.15) is 5.56 Å². The Labute approximate surface area is 131 Å². The SMILES string of the molecule is CN1CCN(C(=O)CN(Cc2cccnc2)S(C)(=O)=O)CC1. The standard InChI is InChI=1S/C14H22N4O3S/c1-16-6-8-17(9-7-16)14(19)12-18(22(2,20)21)11-13-4-3-5-15-10-13/h3-5,10H,6-9,11-12H2,1-2H3. The molecule has 0 radical (unpaired) electrons. The molecule has 0 atom stereocenters. The second-order valence-corrected chi connectivity index (χ2v) is 7.56. The average molecular weight is 326 g/mol. The quantitative estimate of drug-likeness (QED) is 0.737. The van der Waals surface area contributed by atoms with Crippen molar-refractivity contribution >= 4 is 15.9 Å². The third kappa shape index (κ3) is 4.75. The van der Waals surface area contributed by atoms with E-state index in [0.717, 1.165) is 24.9 Å². The van der Waals surface area contributed by atoms with Gasteiger partial charge in [0, 0.05) is 45.1 Å². The summed E-state index contributed by atoms with van der Waals surface area (Å²) in [5.74, 6) is -0.151. The van der Waals surface area contributed by atoms with Gasteiger partial charge in [0.05, 0.1) is 12.8 Å². The summed E-state index contributed by atoms with van der Waals surface area (Å²) in [4.78, 5) is 20.2. The number of carbonyl (C=O) groups excluding carboxylic acids is 1. The molecule has 1 aromatic heterocycles. The third-order valence-electron chi connectivity index (χ3n) is 3.72. The first-order valence-electron chi connectivity index (χ1n) is 7.16. The molecule has 0 unspecified atom stereocenters. The molecule has 22 heavy (non-hydrogen) atoms. The molecule has 1 aromatic rings. The Hall–Kier alpha value is -1.51. The van der Waals surface area contributed by atoms with Crippen molar-refractivity contribution in [2.45, 2.75) is 6.54 Å². The van der Waals surface area contributed by atoms with E-state index in [1.807, 2.05) is 7.05 Å². The van der Waals surface area contributed by atoms with Crippen LogP contribution in [0.3, 0.4) is 0 Å². The smallest absolute Gasteiger partial charge is 0.237 e. The fourth-order valence-electron chi connectivity index (χ4n) is 2.29. The van der Waals surface area contributed by atoms with E-state index in [4.69, 9.17) is 0 Å². The lowest BCUT2D eigenvalue weighted by Gasteiger charge is -2.33. The van der Waals surface area contributed by atoms with Crippen molar-refractivity contribution in [2.75, 3.05) is 46.0 Å². The highest BCUT2D eigenvalue weighted by Crippen LogP contribution is 2.09. The van der Waals surface area contributed by atoms with Crippen LogP contribution in [0.15, 0.2) is 24.5 Å². The predicted molar refractivity (Wildman–Crippen MR) is 83.6 cm³/mol. The van der Waals surface area contributed by atoms with E-state index in [-0.39, 0.29) is 19.0 Å². The molecule has 2 rings (SSSR count). The number of sulfonamides is 1. The van der Waals surface area contributed by atoms with Crippen LogP contribution in [0.25, 0.3) is 0 Å². The zero-order chi connectivity index (χ0) is 16.2. The molecule has 8 heteroatoms. The Morgan fingerprint density at radius 2 is 2.00 bits per heavy atom.